The molecule has 0 radical (unpaired) electrons. The van der Waals surface area contributed by atoms with E-state index in [2.05, 4.69) is 22.2 Å². The Hall–Kier alpha value is -1.05. The van der Waals surface area contributed by atoms with Crippen molar-refractivity contribution < 1.29 is 4.74 Å². The molecule has 0 spiro atoms. The Labute approximate surface area is 119 Å². The van der Waals surface area contributed by atoms with E-state index >= 15 is 0 Å². The highest BCUT2D eigenvalue weighted by atomic mass is 127. The Bertz CT molecular complexity index is 340. The fraction of sp³-hybridized carbons (Fsp3) is 0.455. The number of aliphatic imine (C=N–C) groups is 1. The van der Waals surface area contributed by atoms with E-state index in [-0.39, 0.29) is 24.0 Å². The van der Waals surface area contributed by atoms with Crippen molar-refractivity contribution in [2.24, 2.45) is 10.7 Å². The summed E-state index contributed by atoms with van der Waals surface area (Å²) < 4.78 is 4.96. The van der Waals surface area contributed by atoms with Crippen molar-refractivity contribution >= 4 is 29.9 Å². The van der Waals surface area contributed by atoms with Gasteiger partial charge in [0.25, 0.3) is 0 Å². The van der Waals surface area contributed by atoms with Gasteiger partial charge < -0.3 is 15.8 Å². The fourth-order valence-electron chi connectivity index (χ4n) is 1.11. The summed E-state index contributed by atoms with van der Waals surface area (Å²) >= 11 is 0. The highest BCUT2D eigenvalue weighted by Crippen LogP contribution is 2.07. The second-order valence-corrected chi connectivity index (χ2v) is 3.34. The maximum absolute atomic E-state index is 5.66. The van der Waals surface area contributed by atoms with E-state index in [1.54, 1.807) is 19.4 Å². The van der Waals surface area contributed by atoms with Gasteiger partial charge in [-0.3, -0.25) is 0 Å². The van der Waals surface area contributed by atoms with Crippen LogP contribution in [0.15, 0.2) is 23.3 Å². The molecule has 0 aliphatic carbocycles. The van der Waals surface area contributed by atoms with Crippen molar-refractivity contribution in [3.63, 3.8) is 0 Å². The van der Waals surface area contributed by atoms with Gasteiger partial charge in [0.05, 0.1) is 13.7 Å². The molecule has 0 bridgehead atoms. The number of hydrogen-bond donors (Lipinski definition) is 2. The zero-order valence-electron chi connectivity index (χ0n) is 10.1. The summed E-state index contributed by atoms with van der Waals surface area (Å²) in [5.74, 6) is 1.07. The van der Waals surface area contributed by atoms with Crippen molar-refractivity contribution in [2.75, 3.05) is 13.7 Å². The van der Waals surface area contributed by atoms with Crippen LogP contribution >= 0.6 is 24.0 Å². The Morgan fingerprint density at radius 1 is 1.53 bits per heavy atom. The molecule has 0 aliphatic heterocycles. The van der Waals surface area contributed by atoms with E-state index in [0.717, 1.165) is 18.5 Å². The van der Waals surface area contributed by atoms with Crippen LogP contribution in [0.25, 0.3) is 0 Å². The molecule has 0 saturated heterocycles. The molecule has 0 atom stereocenters. The molecule has 1 rings (SSSR count). The number of ether oxygens (including phenoxy) is 1. The predicted molar refractivity (Wildman–Crippen MR) is 79.8 cm³/mol. The lowest BCUT2D eigenvalue weighted by atomic mass is 10.3. The number of nitrogens with two attached hydrogens (primary N) is 1. The van der Waals surface area contributed by atoms with Crippen molar-refractivity contribution in [2.45, 2.75) is 19.9 Å². The maximum atomic E-state index is 5.66. The summed E-state index contributed by atoms with van der Waals surface area (Å²) in [7, 11) is 1.59. The van der Waals surface area contributed by atoms with Gasteiger partial charge in [-0.25, -0.2) is 9.98 Å². The number of pyridine rings is 1. The van der Waals surface area contributed by atoms with E-state index in [4.69, 9.17) is 10.5 Å². The second-order valence-electron chi connectivity index (χ2n) is 3.34. The minimum absolute atomic E-state index is 0. The molecule has 6 heteroatoms. The van der Waals surface area contributed by atoms with Crippen LogP contribution in [0.3, 0.4) is 0 Å². The van der Waals surface area contributed by atoms with Gasteiger partial charge in [-0.05, 0) is 12.0 Å². The first kappa shape index (κ1) is 16.0. The normalized spacial score (nSPS) is 10.6. The molecule has 5 nitrogen and oxygen atoms in total. The standard InChI is InChI=1S/C11H18N4O.HI/c1-3-6-13-11(12)15-8-9-4-5-10(16-2)14-7-9;/h4-5,7H,3,6,8H2,1-2H3,(H3,12,13,15);1H. The van der Waals surface area contributed by atoms with Crippen LogP contribution in [-0.2, 0) is 6.54 Å². The highest BCUT2D eigenvalue weighted by Gasteiger charge is 1.95. The molecule has 1 aromatic heterocycles. The lowest BCUT2D eigenvalue weighted by molar-refractivity contribution is 0.397. The van der Waals surface area contributed by atoms with E-state index in [0.29, 0.717) is 18.4 Å². The van der Waals surface area contributed by atoms with E-state index in [1.165, 1.54) is 0 Å². The average Bonchev–Trinajstić information content (AvgIpc) is 2.34. The number of guanidine groups is 1. The largest absolute Gasteiger partial charge is 0.481 e. The number of aromatic nitrogens is 1. The van der Waals surface area contributed by atoms with E-state index in [9.17, 15) is 0 Å². The number of nitrogens with one attached hydrogen (secondary N) is 1. The Morgan fingerprint density at radius 3 is 2.82 bits per heavy atom. The number of rotatable bonds is 5. The second kappa shape index (κ2) is 9.03. The first-order valence-electron chi connectivity index (χ1n) is 5.29. The number of nitrogens with zero attached hydrogens (tertiary/aromatic N) is 2. The average molecular weight is 350 g/mol. The minimum Gasteiger partial charge on any atom is -0.481 e. The Balaban J connectivity index is 0.00000256. The fourth-order valence-corrected chi connectivity index (χ4v) is 1.11. The zero-order chi connectivity index (χ0) is 11.8. The lowest BCUT2D eigenvalue weighted by Gasteiger charge is -2.03. The molecule has 0 fully saturated rings. The van der Waals surface area contributed by atoms with Crippen LogP contribution in [0.2, 0.25) is 0 Å². The van der Waals surface area contributed by atoms with Crippen LogP contribution in [0, 0.1) is 0 Å². The van der Waals surface area contributed by atoms with Gasteiger partial charge in [-0.2, -0.15) is 0 Å². The molecule has 0 amide bonds. The summed E-state index contributed by atoms with van der Waals surface area (Å²) in [5, 5.41) is 3.01. The Morgan fingerprint density at radius 2 is 2.29 bits per heavy atom. The van der Waals surface area contributed by atoms with E-state index in [1.807, 2.05) is 6.07 Å². The molecule has 96 valence electrons. The van der Waals surface area contributed by atoms with Gasteiger partial charge in [-0.15, -0.1) is 24.0 Å². The molecule has 0 aromatic carbocycles. The smallest absolute Gasteiger partial charge is 0.212 e. The van der Waals surface area contributed by atoms with Crippen LogP contribution < -0.4 is 15.8 Å². The monoisotopic (exact) mass is 350 g/mol. The highest BCUT2D eigenvalue weighted by molar-refractivity contribution is 14.0. The number of hydrogen-bond acceptors (Lipinski definition) is 3. The SMILES string of the molecule is CCCNC(N)=NCc1ccc(OC)nc1.I. The van der Waals surface area contributed by atoms with Crippen molar-refractivity contribution in [1.29, 1.82) is 0 Å². The summed E-state index contributed by atoms with van der Waals surface area (Å²) in [5.41, 5.74) is 6.66. The third kappa shape index (κ3) is 6.30. The zero-order valence-corrected chi connectivity index (χ0v) is 12.5. The van der Waals surface area contributed by atoms with Gasteiger partial charge in [-0.1, -0.05) is 13.0 Å². The third-order valence-corrected chi connectivity index (χ3v) is 1.99. The van der Waals surface area contributed by atoms with Gasteiger partial charge in [0.15, 0.2) is 5.96 Å². The summed E-state index contributed by atoms with van der Waals surface area (Å²) in [6, 6.07) is 3.73. The van der Waals surface area contributed by atoms with Crippen LogP contribution in [0.5, 0.6) is 5.88 Å². The van der Waals surface area contributed by atoms with Gasteiger partial charge in [0.1, 0.15) is 0 Å². The number of methoxy groups -OCH3 is 1. The van der Waals surface area contributed by atoms with Crippen molar-refractivity contribution in [1.82, 2.24) is 10.3 Å². The van der Waals surface area contributed by atoms with Crippen LogP contribution in [0.1, 0.15) is 18.9 Å². The van der Waals surface area contributed by atoms with Gasteiger partial charge >= 0.3 is 0 Å². The van der Waals surface area contributed by atoms with Gasteiger partial charge in [0, 0.05) is 18.8 Å². The molecule has 0 saturated carbocycles. The van der Waals surface area contributed by atoms with Gasteiger partial charge in [0.2, 0.25) is 5.88 Å². The molecule has 0 unspecified atom stereocenters. The molecular weight excluding hydrogens is 331 g/mol. The quantitative estimate of drug-likeness (QED) is 0.480. The number of halogens is 1. The Kier molecular flexibility index (Phi) is 8.47. The summed E-state index contributed by atoms with van der Waals surface area (Å²) in [6.07, 6.45) is 2.76. The van der Waals surface area contributed by atoms with Crippen molar-refractivity contribution in [3.05, 3.63) is 23.9 Å². The molecule has 1 aromatic rings. The molecule has 0 aliphatic rings. The van der Waals surface area contributed by atoms with Crippen molar-refractivity contribution in [3.8, 4) is 5.88 Å². The van der Waals surface area contributed by atoms with Crippen LogP contribution in [-0.4, -0.2) is 24.6 Å². The summed E-state index contributed by atoms with van der Waals surface area (Å²) in [4.78, 5) is 8.27. The topological polar surface area (TPSA) is 72.5 Å². The molecule has 3 N–H and O–H groups in total. The maximum Gasteiger partial charge on any atom is 0.212 e. The lowest BCUT2D eigenvalue weighted by Crippen LogP contribution is -2.32. The van der Waals surface area contributed by atoms with Crippen LogP contribution in [0.4, 0.5) is 0 Å². The molecule has 1 heterocycles. The predicted octanol–water partition coefficient (Wildman–Crippen LogP) is 1.52. The summed E-state index contributed by atoms with van der Waals surface area (Å²) in [6.45, 7) is 3.45. The molecular formula is C11H19IN4O. The third-order valence-electron chi connectivity index (χ3n) is 1.99. The first-order chi connectivity index (χ1) is 7.76. The molecule has 17 heavy (non-hydrogen) atoms. The van der Waals surface area contributed by atoms with E-state index < -0.39 is 0 Å². The minimum atomic E-state index is 0. The first-order valence-corrected chi connectivity index (χ1v) is 5.29.